The van der Waals surface area contributed by atoms with Crippen LogP contribution in [-0.4, -0.2) is 51.8 Å². The second-order valence-electron chi connectivity index (χ2n) is 5.45. The Balaban J connectivity index is 2.47. The van der Waals surface area contributed by atoms with E-state index >= 15 is 0 Å². The maximum Gasteiger partial charge on any atom is 0.193 e. The average molecular weight is 255 g/mol. The molecule has 18 heavy (non-hydrogen) atoms. The molecule has 1 N–H and O–H groups in total. The molecule has 0 atom stereocenters. The van der Waals surface area contributed by atoms with Gasteiger partial charge in [0.2, 0.25) is 0 Å². The van der Waals surface area contributed by atoms with Gasteiger partial charge < -0.3 is 15.0 Å². The second-order valence-corrected chi connectivity index (χ2v) is 5.45. The number of nitrogens with zero attached hydrogens (tertiary/aromatic N) is 2. The third-order valence-corrected chi connectivity index (χ3v) is 3.90. The Bertz CT molecular complexity index is 258. The predicted octanol–water partition coefficient (Wildman–Crippen LogP) is 2.11. The molecule has 4 heteroatoms. The highest BCUT2D eigenvalue weighted by Gasteiger charge is 2.33. The molecule has 0 unspecified atom stereocenters. The number of ether oxygens (including phenoxy) is 1. The Morgan fingerprint density at radius 1 is 1.33 bits per heavy atom. The zero-order chi connectivity index (χ0) is 13.4. The molecule has 0 bridgehead atoms. The van der Waals surface area contributed by atoms with Gasteiger partial charge in [-0.05, 0) is 31.6 Å². The van der Waals surface area contributed by atoms with Crippen molar-refractivity contribution in [1.82, 2.24) is 10.2 Å². The Morgan fingerprint density at radius 3 is 2.50 bits per heavy atom. The van der Waals surface area contributed by atoms with Gasteiger partial charge in [0, 0.05) is 40.9 Å². The summed E-state index contributed by atoms with van der Waals surface area (Å²) in [6.45, 7) is 4.79. The van der Waals surface area contributed by atoms with E-state index in [1.807, 2.05) is 26.0 Å². The van der Waals surface area contributed by atoms with Crippen molar-refractivity contribution in [3.05, 3.63) is 0 Å². The van der Waals surface area contributed by atoms with E-state index in [2.05, 4.69) is 17.2 Å². The van der Waals surface area contributed by atoms with Gasteiger partial charge in [-0.15, -0.1) is 0 Å². The van der Waals surface area contributed by atoms with E-state index in [1.54, 1.807) is 0 Å². The van der Waals surface area contributed by atoms with Crippen LogP contribution >= 0.6 is 0 Å². The predicted molar refractivity (Wildman–Crippen MR) is 77.1 cm³/mol. The highest BCUT2D eigenvalue weighted by molar-refractivity contribution is 5.79. The molecule has 0 aliphatic heterocycles. The molecule has 1 aliphatic rings. The van der Waals surface area contributed by atoms with Gasteiger partial charge in [0.05, 0.1) is 0 Å². The molecule has 0 spiro atoms. The first kappa shape index (κ1) is 15.3. The first-order chi connectivity index (χ1) is 8.63. The Kier molecular flexibility index (Phi) is 6.47. The number of aliphatic imine (C=N–C) groups is 1. The van der Waals surface area contributed by atoms with Crippen LogP contribution in [0.15, 0.2) is 4.99 Å². The molecule has 0 saturated heterocycles. The zero-order valence-electron chi connectivity index (χ0n) is 12.5. The summed E-state index contributed by atoms with van der Waals surface area (Å²) in [4.78, 5) is 6.31. The van der Waals surface area contributed by atoms with Crippen molar-refractivity contribution in [2.45, 2.75) is 39.0 Å². The van der Waals surface area contributed by atoms with Gasteiger partial charge in [-0.1, -0.05) is 12.8 Å². The lowest BCUT2D eigenvalue weighted by Gasteiger charge is -2.31. The summed E-state index contributed by atoms with van der Waals surface area (Å²) >= 11 is 0. The molecule has 0 radical (unpaired) electrons. The van der Waals surface area contributed by atoms with Crippen LogP contribution in [0.25, 0.3) is 0 Å². The van der Waals surface area contributed by atoms with Gasteiger partial charge >= 0.3 is 0 Å². The van der Waals surface area contributed by atoms with Crippen molar-refractivity contribution in [2.75, 3.05) is 40.9 Å². The van der Waals surface area contributed by atoms with Crippen molar-refractivity contribution in [3.8, 4) is 0 Å². The first-order valence-electron chi connectivity index (χ1n) is 7.09. The fourth-order valence-corrected chi connectivity index (χ4v) is 2.78. The molecule has 1 saturated carbocycles. The number of hydrogen-bond acceptors (Lipinski definition) is 2. The van der Waals surface area contributed by atoms with Crippen LogP contribution in [0.3, 0.4) is 0 Å². The monoisotopic (exact) mass is 255 g/mol. The van der Waals surface area contributed by atoms with Gasteiger partial charge in [-0.2, -0.15) is 0 Å². The lowest BCUT2D eigenvalue weighted by Crippen LogP contribution is -2.42. The van der Waals surface area contributed by atoms with Crippen molar-refractivity contribution >= 4 is 5.96 Å². The summed E-state index contributed by atoms with van der Waals surface area (Å²) in [5.74, 6) is 0.970. The van der Waals surface area contributed by atoms with Crippen LogP contribution in [0.4, 0.5) is 0 Å². The van der Waals surface area contributed by atoms with E-state index in [9.17, 15) is 0 Å². The maximum atomic E-state index is 5.53. The normalized spacial score (nSPS) is 19.0. The largest absolute Gasteiger partial charge is 0.382 e. The van der Waals surface area contributed by atoms with E-state index in [-0.39, 0.29) is 0 Å². The van der Waals surface area contributed by atoms with Gasteiger partial charge in [-0.25, -0.2) is 0 Å². The minimum atomic E-state index is 0.418. The Morgan fingerprint density at radius 2 is 2.00 bits per heavy atom. The summed E-state index contributed by atoms with van der Waals surface area (Å²) in [5, 5.41) is 3.50. The van der Waals surface area contributed by atoms with Crippen LogP contribution in [-0.2, 0) is 4.74 Å². The summed E-state index contributed by atoms with van der Waals surface area (Å²) in [6.07, 6.45) is 6.51. The topological polar surface area (TPSA) is 36.9 Å². The third-order valence-electron chi connectivity index (χ3n) is 3.90. The third kappa shape index (κ3) is 4.48. The highest BCUT2D eigenvalue weighted by Crippen LogP contribution is 2.40. The van der Waals surface area contributed by atoms with Crippen LogP contribution in [0.1, 0.15) is 39.0 Å². The van der Waals surface area contributed by atoms with E-state index in [0.717, 1.165) is 32.1 Å². The maximum absolute atomic E-state index is 5.53. The number of guanidine groups is 1. The molecule has 0 heterocycles. The highest BCUT2D eigenvalue weighted by atomic mass is 16.5. The molecule has 0 amide bonds. The minimum Gasteiger partial charge on any atom is -0.382 e. The lowest BCUT2D eigenvalue weighted by atomic mass is 9.83. The Hall–Kier alpha value is -0.770. The summed E-state index contributed by atoms with van der Waals surface area (Å²) in [6, 6.07) is 0. The van der Waals surface area contributed by atoms with Gasteiger partial charge in [-0.3, -0.25) is 4.99 Å². The molecule has 1 fully saturated rings. The Labute approximate surface area is 112 Å². The van der Waals surface area contributed by atoms with Crippen molar-refractivity contribution < 1.29 is 4.74 Å². The molecule has 4 nitrogen and oxygen atoms in total. The van der Waals surface area contributed by atoms with Crippen molar-refractivity contribution in [1.29, 1.82) is 0 Å². The molecule has 1 aliphatic carbocycles. The molecule has 106 valence electrons. The van der Waals surface area contributed by atoms with Crippen molar-refractivity contribution in [2.24, 2.45) is 10.4 Å². The molecule has 0 aromatic carbocycles. The summed E-state index contributed by atoms with van der Waals surface area (Å²) in [5.41, 5.74) is 0.418. The molecular formula is C14H29N3O. The van der Waals surface area contributed by atoms with Crippen LogP contribution in [0.5, 0.6) is 0 Å². The van der Waals surface area contributed by atoms with Gasteiger partial charge in [0.15, 0.2) is 5.96 Å². The smallest absolute Gasteiger partial charge is 0.193 e. The van der Waals surface area contributed by atoms with Gasteiger partial charge in [0.25, 0.3) is 0 Å². The second kappa shape index (κ2) is 7.62. The van der Waals surface area contributed by atoms with E-state index in [0.29, 0.717) is 5.41 Å². The summed E-state index contributed by atoms with van der Waals surface area (Å²) < 4.78 is 5.53. The number of hydrogen-bond donors (Lipinski definition) is 1. The molecule has 1 rings (SSSR count). The number of nitrogens with one attached hydrogen (secondary N) is 1. The van der Waals surface area contributed by atoms with Crippen molar-refractivity contribution in [3.63, 3.8) is 0 Å². The van der Waals surface area contributed by atoms with Crippen LogP contribution in [0.2, 0.25) is 0 Å². The number of rotatable bonds is 6. The van der Waals surface area contributed by atoms with Gasteiger partial charge in [0.1, 0.15) is 0 Å². The summed E-state index contributed by atoms with van der Waals surface area (Å²) in [7, 11) is 5.89. The molecular weight excluding hydrogens is 226 g/mol. The lowest BCUT2D eigenvalue weighted by molar-refractivity contribution is 0.104. The van der Waals surface area contributed by atoms with Crippen LogP contribution < -0.4 is 5.32 Å². The minimum absolute atomic E-state index is 0.418. The molecule has 0 aromatic heterocycles. The van der Waals surface area contributed by atoms with E-state index in [1.165, 1.54) is 25.7 Å². The average Bonchev–Trinajstić information content (AvgIpc) is 2.79. The first-order valence-corrected chi connectivity index (χ1v) is 7.09. The molecule has 0 aromatic rings. The zero-order valence-corrected chi connectivity index (χ0v) is 12.5. The quantitative estimate of drug-likeness (QED) is 0.449. The fourth-order valence-electron chi connectivity index (χ4n) is 2.78. The van der Waals surface area contributed by atoms with Crippen LogP contribution in [0, 0.1) is 5.41 Å². The SMILES string of the molecule is CCOCCC1(CNC(=NC)N(C)C)CCCC1. The standard InChI is InChI=1S/C14H29N3O/c1-5-18-11-10-14(8-6-7-9-14)12-16-13(15-2)17(3)4/h5-12H2,1-4H3,(H,15,16). The van der Waals surface area contributed by atoms with E-state index in [4.69, 9.17) is 4.74 Å². The fraction of sp³-hybridized carbons (Fsp3) is 0.929. The van der Waals surface area contributed by atoms with E-state index < -0.39 is 0 Å².